The van der Waals surface area contributed by atoms with Crippen LogP contribution in [-0.4, -0.2) is 53.8 Å². The Balaban J connectivity index is 1.51. The smallest absolute Gasteiger partial charge is 0.136 e. The zero-order valence-electron chi connectivity index (χ0n) is 11.6. The zero-order chi connectivity index (χ0) is 12.5. The normalized spacial score (nSPS) is 38.3. The van der Waals surface area contributed by atoms with Gasteiger partial charge in [0.2, 0.25) is 0 Å². The number of carbonyl (C=O) groups excluding carboxylic acids is 1. The van der Waals surface area contributed by atoms with Gasteiger partial charge in [0.15, 0.2) is 0 Å². The molecule has 3 unspecified atom stereocenters. The molecule has 3 fully saturated rings. The topological polar surface area (TPSA) is 23.6 Å². The molecule has 3 nitrogen and oxygen atoms in total. The summed E-state index contributed by atoms with van der Waals surface area (Å²) < 4.78 is 0. The number of piperazine rings is 1. The Morgan fingerprint density at radius 3 is 2.89 bits per heavy atom. The first kappa shape index (κ1) is 12.6. The number of fused-ring (bicyclic) bond motifs is 1. The second-order valence-electron chi connectivity index (χ2n) is 6.48. The number of hydrogen-bond donors (Lipinski definition) is 0. The van der Waals surface area contributed by atoms with Gasteiger partial charge in [-0.05, 0) is 52.1 Å². The van der Waals surface area contributed by atoms with Gasteiger partial charge >= 0.3 is 0 Å². The minimum atomic E-state index is 0.388. The summed E-state index contributed by atoms with van der Waals surface area (Å²) in [4.78, 5) is 17.0. The minimum Gasteiger partial charge on any atom is -0.299 e. The van der Waals surface area contributed by atoms with Crippen LogP contribution in [0, 0.1) is 5.92 Å². The lowest BCUT2D eigenvalue weighted by atomic mass is 10.0. The Bertz CT molecular complexity index is 318. The molecule has 18 heavy (non-hydrogen) atoms. The van der Waals surface area contributed by atoms with Crippen LogP contribution in [0.25, 0.3) is 0 Å². The Morgan fingerprint density at radius 1 is 1.22 bits per heavy atom. The van der Waals surface area contributed by atoms with Crippen molar-refractivity contribution in [2.75, 3.05) is 26.2 Å². The fraction of sp³-hybridized carbons (Fsp3) is 0.933. The largest absolute Gasteiger partial charge is 0.299 e. The van der Waals surface area contributed by atoms with Crippen molar-refractivity contribution in [2.24, 2.45) is 5.92 Å². The fourth-order valence-corrected chi connectivity index (χ4v) is 4.07. The van der Waals surface area contributed by atoms with Gasteiger partial charge in [0.1, 0.15) is 5.78 Å². The highest BCUT2D eigenvalue weighted by Crippen LogP contribution is 2.27. The lowest BCUT2D eigenvalue weighted by Gasteiger charge is -2.42. The summed E-state index contributed by atoms with van der Waals surface area (Å²) in [6.07, 6.45) is 7.00. The predicted octanol–water partition coefficient (Wildman–Crippen LogP) is 1.91. The van der Waals surface area contributed by atoms with Crippen molar-refractivity contribution in [3.05, 3.63) is 0 Å². The molecule has 102 valence electrons. The van der Waals surface area contributed by atoms with Gasteiger partial charge in [0.05, 0.1) is 0 Å². The minimum absolute atomic E-state index is 0.388. The van der Waals surface area contributed by atoms with Crippen molar-refractivity contribution in [2.45, 2.75) is 57.5 Å². The first-order valence-corrected chi connectivity index (χ1v) is 7.75. The number of hydrogen-bond acceptors (Lipinski definition) is 3. The van der Waals surface area contributed by atoms with Gasteiger partial charge in [0.25, 0.3) is 0 Å². The van der Waals surface area contributed by atoms with E-state index >= 15 is 0 Å². The van der Waals surface area contributed by atoms with Crippen LogP contribution in [-0.2, 0) is 4.79 Å². The molecule has 2 aliphatic heterocycles. The molecule has 0 aromatic heterocycles. The Labute approximate surface area is 111 Å². The van der Waals surface area contributed by atoms with Gasteiger partial charge in [0, 0.05) is 37.5 Å². The van der Waals surface area contributed by atoms with Gasteiger partial charge in [-0.15, -0.1) is 0 Å². The average molecular weight is 250 g/mol. The van der Waals surface area contributed by atoms with Gasteiger partial charge in [-0.25, -0.2) is 0 Å². The zero-order valence-corrected chi connectivity index (χ0v) is 11.6. The van der Waals surface area contributed by atoms with E-state index in [1.165, 1.54) is 32.5 Å². The second kappa shape index (κ2) is 5.30. The molecule has 3 rings (SSSR count). The quantitative estimate of drug-likeness (QED) is 0.764. The maximum Gasteiger partial charge on any atom is 0.136 e. The van der Waals surface area contributed by atoms with E-state index in [0.29, 0.717) is 17.7 Å². The Morgan fingerprint density at radius 2 is 2.11 bits per heavy atom. The van der Waals surface area contributed by atoms with E-state index in [1.807, 2.05) is 0 Å². The van der Waals surface area contributed by atoms with Crippen LogP contribution < -0.4 is 0 Å². The molecule has 0 amide bonds. The summed E-state index contributed by atoms with van der Waals surface area (Å²) in [5, 5.41) is 0. The molecule has 3 atom stereocenters. The molecule has 0 N–H and O–H groups in total. The monoisotopic (exact) mass is 250 g/mol. The molecule has 1 aliphatic carbocycles. The third kappa shape index (κ3) is 2.48. The van der Waals surface area contributed by atoms with Crippen LogP contribution in [0.5, 0.6) is 0 Å². The Kier molecular flexibility index (Phi) is 3.71. The number of carbonyl (C=O) groups is 1. The van der Waals surface area contributed by atoms with Gasteiger partial charge in [-0.3, -0.25) is 14.6 Å². The van der Waals surface area contributed by atoms with Gasteiger partial charge in [-0.2, -0.15) is 0 Å². The standard InChI is InChI=1S/C15H26N2O/c1-12-10-17-8-3-5-14(17)11-16(12)9-7-13-4-2-6-15(13)18/h12-14H,2-11H2,1H3. The summed E-state index contributed by atoms with van der Waals surface area (Å²) in [6.45, 7) is 7.28. The van der Waals surface area contributed by atoms with Crippen molar-refractivity contribution < 1.29 is 4.79 Å². The van der Waals surface area contributed by atoms with Crippen LogP contribution in [0.2, 0.25) is 0 Å². The number of nitrogens with zero attached hydrogens (tertiary/aromatic N) is 2. The van der Waals surface area contributed by atoms with Crippen LogP contribution in [0.1, 0.15) is 45.4 Å². The highest BCUT2D eigenvalue weighted by Gasteiger charge is 2.34. The number of Topliss-reactive ketones (excluding diaryl/α,β-unsaturated/α-hetero) is 1. The van der Waals surface area contributed by atoms with Crippen LogP contribution >= 0.6 is 0 Å². The SMILES string of the molecule is CC1CN2CCCC2CN1CCC1CCCC1=O. The summed E-state index contributed by atoms with van der Waals surface area (Å²) in [5.74, 6) is 0.918. The molecule has 3 aliphatic rings. The van der Waals surface area contributed by atoms with Crippen molar-refractivity contribution >= 4 is 5.78 Å². The summed E-state index contributed by atoms with van der Waals surface area (Å²) in [6, 6.07) is 1.48. The van der Waals surface area contributed by atoms with Crippen LogP contribution in [0.3, 0.4) is 0 Å². The first-order valence-electron chi connectivity index (χ1n) is 7.75. The molecular formula is C15H26N2O. The third-order valence-electron chi connectivity index (χ3n) is 5.26. The Hall–Kier alpha value is -0.410. The average Bonchev–Trinajstić information content (AvgIpc) is 2.95. The molecule has 0 spiro atoms. The van der Waals surface area contributed by atoms with Crippen molar-refractivity contribution in [3.63, 3.8) is 0 Å². The van der Waals surface area contributed by atoms with E-state index in [0.717, 1.165) is 38.3 Å². The van der Waals surface area contributed by atoms with Crippen molar-refractivity contribution in [3.8, 4) is 0 Å². The first-order chi connectivity index (χ1) is 8.74. The highest BCUT2D eigenvalue weighted by molar-refractivity contribution is 5.82. The molecule has 2 heterocycles. The molecule has 0 aromatic rings. The lowest BCUT2D eigenvalue weighted by Crippen LogP contribution is -2.55. The van der Waals surface area contributed by atoms with Gasteiger partial charge < -0.3 is 0 Å². The highest BCUT2D eigenvalue weighted by atomic mass is 16.1. The molecule has 0 bridgehead atoms. The molecule has 1 saturated carbocycles. The van der Waals surface area contributed by atoms with Crippen LogP contribution in [0.15, 0.2) is 0 Å². The predicted molar refractivity (Wildman–Crippen MR) is 72.6 cm³/mol. The van der Waals surface area contributed by atoms with Crippen molar-refractivity contribution in [1.29, 1.82) is 0 Å². The third-order valence-corrected chi connectivity index (χ3v) is 5.26. The summed E-state index contributed by atoms with van der Waals surface area (Å²) in [5.41, 5.74) is 0. The molecule has 0 radical (unpaired) electrons. The second-order valence-corrected chi connectivity index (χ2v) is 6.48. The molecule has 0 aromatic carbocycles. The van der Waals surface area contributed by atoms with E-state index in [4.69, 9.17) is 0 Å². The van der Waals surface area contributed by atoms with E-state index < -0.39 is 0 Å². The van der Waals surface area contributed by atoms with E-state index in [1.54, 1.807) is 0 Å². The maximum absolute atomic E-state index is 11.7. The number of rotatable bonds is 3. The molecule has 3 heteroatoms. The molecular weight excluding hydrogens is 224 g/mol. The van der Waals surface area contributed by atoms with E-state index in [2.05, 4.69) is 16.7 Å². The van der Waals surface area contributed by atoms with Gasteiger partial charge in [-0.1, -0.05) is 0 Å². The molecule has 2 saturated heterocycles. The van der Waals surface area contributed by atoms with Crippen LogP contribution in [0.4, 0.5) is 0 Å². The fourth-order valence-electron chi connectivity index (χ4n) is 4.07. The van der Waals surface area contributed by atoms with E-state index in [-0.39, 0.29) is 0 Å². The van der Waals surface area contributed by atoms with E-state index in [9.17, 15) is 4.79 Å². The summed E-state index contributed by atoms with van der Waals surface area (Å²) >= 11 is 0. The maximum atomic E-state index is 11.7. The lowest BCUT2D eigenvalue weighted by molar-refractivity contribution is -0.121. The number of ketones is 1. The summed E-state index contributed by atoms with van der Waals surface area (Å²) in [7, 11) is 0. The van der Waals surface area contributed by atoms with Crippen molar-refractivity contribution in [1.82, 2.24) is 9.80 Å².